The maximum atomic E-state index is 13.3. The third-order valence-electron chi connectivity index (χ3n) is 4.42. The maximum absolute atomic E-state index is 13.3. The Labute approximate surface area is 145 Å². The molecule has 1 aliphatic heterocycles. The molecular weight excluding hydrogens is 305 g/mol. The van der Waals surface area contributed by atoms with Crippen LogP contribution in [0, 0.1) is 11.2 Å². The van der Waals surface area contributed by atoms with E-state index in [9.17, 15) is 9.18 Å². The van der Waals surface area contributed by atoms with E-state index in [1.165, 1.54) is 12.1 Å². The van der Waals surface area contributed by atoms with Crippen molar-refractivity contribution in [3.63, 3.8) is 0 Å². The van der Waals surface area contributed by atoms with Crippen LogP contribution in [0.15, 0.2) is 24.3 Å². The summed E-state index contributed by atoms with van der Waals surface area (Å²) < 4.78 is 13.3. The minimum Gasteiger partial charge on any atom is -0.354 e. The normalized spacial score (nSPS) is 18.4. The smallest absolute Gasteiger partial charge is 0.220 e. The van der Waals surface area contributed by atoms with Gasteiger partial charge in [-0.25, -0.2) is 4.39 Å². The Morgan fingerprint density at radius 2 is 1.75 bits per heavy atom. The van der Waals surface area contributed by atoms with E-state index in [1.807, 2.05) is 12.1 Å². The molecule has 0 aromatic heterocycles. The molecule has 1 fully saturated rings. The van der Waals surface area contributed by atoms with Crippen LogP contribution in [0.4, 0.5) is 4.39 Å². The largest absolute Gasteiger partial charge is 0.354 e. The SMILES string of the molecule is CN1CCN([C@@H](CNC(=O)CC(C)(C)C)c2ccc(F)cc2)CC1. The van der Waals surface area contributed by atoms with Gasteiger partial charge in [0.15, 0.2) is 0 Å². The summed E-state index contributed by atoms with van der Waals surface area (Å²) in [5, 5.41) is 3.07. The van der Waals surface area contributed by atoms with Crippen molar-refractivity contribution in [3.8, 4) is 0 Å². The first-order valence-electron chi connectivity index (χ1n) is 8.69. The molecule has 1 atom stereocenters. The van der Waals surface area contributed by atoms with Crippen LogP contribution in [0.25, 0.3) is 0 Å². The summed E-state index contributed by atoms with van der Waals surface area (Å²) in [4.78, 5) is 16.9. The maximum Gasteiger partial charge on any atom is 0.220 e. The highest BCUT2D eigenvalue weighted by Gasteiger charge is 2.25. The molecule has 1 N–H and O–H groups in total. The van der Waals surface area contributed by atoms with Gasteiger partial charge in [-0.1, -0.05) is 32.9 Å². The van der Waals surface area contributed by atoms with Gasteiger partial charge >= 0.3 is 0 Å². The standard InChI is InChI=1S/C19H30FN3O/c1-19(2,3)13-18(24)21-14-17(15-5-7-16(20)8-6-15)23-11-9-22(4)10-12-23/h5-8,17H,9-14H2,1-4H3,(H,21,24)/t17-/m0/s1. The molecule has 1 aromatic rings. The van der Waals surface area contributed by atoms with Crippen molar-refractivity contribution < 1.29 is 9.18 Å². The molecule has 1 saturated heterocycles. The van der Waals surface area contributed by atoms with Crippen molar-refractivity contribution in [1.82, 2.24) is 15.1 Å². The van der Waals surface area contributed by atoms with Gasteiger partial charge in [0.1, 0.15) is 5.82 Å². The molecule has 5 heteroatoms. The number of carbonyl (C=O) groups is 1. The number of benzene rings is 1. The van der Waals surface area contributed by atoms with Gasteiger partial charge < -0.3 is 10.2 Å². The molecule has 24 heavy (non-hydrogen) atoms. The minimum absolute atomic E-state index is 0.0245. The van der Waals surface area contributed by atoms with Crippen LogP contribution in [-0.2, 0) is 4.79 Å². The van der Waals surface area contributed by atoms with Gasteiger partial charge in [0.2, 0.25) is 5.91 Å². The number of hydrogen-bond donors (Lipinski definition) is 1. The third-order valence-corrected chi connectivity index (χ3v) is 4.42. The Hall–Kier alpha value is -1.46. The Morgan fingerprint density at radius 1 is 1.17 bits per heavy atom. The molecule has 0 unspecified atom stereocenters. The molecule has 0 saturated carbocycles. The van der Waals surface area contributed by atoms with Gasteiger partial charge in [0, 0.05) is 39.1 Å². The fraction of sp³-hybridized carbons (Fsp3) is 0.632. The van der Waals surface area contributed by atoms with Gasteiger partial charge in [-0.15, -0.1) is 0 Å². The van der Waals surface area contributed by atoms with Crippen LogP contribution >= 0.6 is 0 Å². The van der Waals surface area contributed by atoms with E-state index in [1.54, 1.807) is 0 Å². The number of halogens is 1. The summed E-state index contributed by atoms with van der Waals surface area (Å²) in [6.07, 6.45) is 0.506. The molecule has 0 spiro atoms. The summed E-state index contributed by atoms with van der Waals surface area (Å²) in [5.74, 6) is -0.156. The van der Waals surface area contributed by atoms with Crippen LogP contribution in [-0.4, -0.2) is 55.5 Å². The second kappa shape index (κ2) is 8.08. The van der Waals surface area contributed by atoms with Crippen molar-refractivity contribution in [3.05, 3.63) is 35.6 Å². The number of hydrogen-bond acceptors (Lipinski definition) is 3. The van der Waals surface area contributed by atoms with Crippen LogP contribution in [0.5, 0.6) is 0 Å². The summed E-state index contributed by atoms with van der Waals surface area (Å²) in [5.41, 5.74) is 1.03. The number of amides is 1. The van der Waals surface area contributed by atoms with Gasteiger partial charge in [-0.2, -0.15) is 0 Å². The van der Waals surface area contributed by atoms with Crippen molar-refractivity contribution in [2.24, 2.45) is 5.41 Å². The highest BCUT2D eigenvalue weighted by Crippen LogP contribution is 2.23. The molecular formula is C19H30FN3O. The van der Waals surface area contributed by atoms with Gasteiger partial charge in [0.25, 0.3) is 0 Å². The summed E-state index contributed by atoms with van der Waals surface area (Å²) in [7, 11) is 2.12. The lowest BCUT2D eigenvalue weighted by atomic mass is 9.92. The van der Waals surface area contributed by atoms with E-state index >= 15 is 0 Å². The Kier molecular flexibility index (Phi) is 6.35. The molecule has 0 radical (unpaired) electrons. The van der Waals surface area contributed by atoms with Gasteiger partial charge in [0.05, 0.1) is 6.04 Å². The van der Waals surface area contributed by atoms with Crippen molar-refractivity contribution >= 4 is 5.91 Å². The zero-order chi connectivity index (χ0) is 17.7. The van der Waals surface area contributed by atoms with Crippen LogP contribution in [0.2, 0.25) is 0 Å². The van der Waals surface area contributed by atoms with Crippen molar-refractivity contribution in [2.45, 2.75) is 33.2 Å². The van der Waals surface area contributed by atoms with Gasteiger partial charge in [-0.3, -0.25) is 9.69 Å². The van der Waals surface area contributed by atoms with E-state index in [2.05, 4.69) is 42.9 Å². The van der Waals surface area contributed by atoms with E-state index < -0.39 is 0 Å². The lowest BCUT2D eigenvalue weighted by molar-refractivity contribution is -0.123. The highest BCUT2D eigenvalue weighted by molar-refractivity contribution is 5.76. The average Bonchev–Trinajstić information content (AvgIpc) is 2.49. The molecule has 4 nitrogen and oxygen atoms in total. The van der Waals surface area contributed by atoms with E-state index in [4.69, 9.17) is 0 Å². The number of nitrogens with one attached hydrogen (secondary N) is 1. The average molecular weight is 335 g/mol. The van der Waals surface area contributed by atoms with Crippen LogP contribution in [0.1, 0.15) is 38.8 Å². The highest BCUT2D eigenvalue weighted by atomic mass is 19.1. The molecule has 2 rings (SSSR count). The molecule has 1 heterocycles. The fourth-order valence-corrected chi connectivity index (χ4v) is 3.03. The predicted octanol–water partition coefficient (Wildman–Crippen LogP) is 2.67. The molecule has 134 valence electrons. The Morgan fingerprint density at radius 3 is 2.29 bits per heavy atom. The van der Waals surface area contributed by atoms with E-state index in [0.717, 1.165) is 31.7 Å². The topological polar surface area (TPSA) is 35.6 Å². The fourth-order valence-electron chi connectivity index (χ4n) is 3.03. The first-order valence-corrected chi connectivity index (χ1v) is 8.69. The number of rotatable bonds is 5. The molecule has 0 aliphatic carbocycles. The van der Waals surface area contributed by atoms with Crippen molar-refractivity contribution in [2.75, 3.05) is 39.8 Å². The molecule has 1 amide bonds. The molecule has 1 aromatic carbocycles. The van der Waals surface area contributed by atoms with Crippen LogP contribution in [0.3, 0.4) is 0 Å². The number of likely N-dealkylation sites (N-methyl/N-ethyl adjacent to an activating group) is 1. The number of nitrogens with zero attached hydrogens (tertiary/aromatic N) is 2. The molecule has 1 aliphatic rings. The minimum atomic E-state index is -0.229. The second-order valence-electron chi connectivity index (χ2n) is 7.95. The monoisotopic (exact) mass is 335 g/mol. The second-order valence-corrected chi connectivity index (χ2v) is 7.95. The Bertz CT molecular complexity index is 531. The summed E-state index contributed by atoms with van der Waals surface area (Å²) in [6.45, 7) is 10.7. The lowest BCUT2D eigenvalue weighted by Gasteiger charge is -2.38. The zero-order valence-electron chi connectivity index (χ0n) is 15.3. The predicted molar refractivity (Wildman–Crippen MR) is 95.3 cm³/mol. The van der Waals surface area contributed by atoms with Gasteiger partial charge in [-0.05, 0) is 30.2 Å². The number of carbonyl (C=O) groups excluding carboxylic acids is 1. The summed E-state index contributed by atoms with van der Waals surface area (Å²) in [6, 6.07) is 6.73. The Balaban J connectivity index is 2.05. The first kappa shape index (κ1) is 18.9. The van der Waals surface area contributed by atoms with E-state index in [0.29, 0.717) is 13.0 Å². The number of piperazine rings is 1. The first-order chi connectivity index (χ1) is 11.2. The van der Waals surface area contributed by atoms with Crippen LogP contribution < -0.4 is 5.32 Å². The molecule has 0 bridgehead atoms. The third kappa shape index (κ3) is 5.87. The lowest BCUT2D eigenvalue weighted by Crippen LogP contribution is -2.48. The quantitative estimate of drug-likeness (QED) is 0.899. The summed E-state index contributed by atoms with van der Waals surface area (Å²) >= 11 is 0. The zero-order valence-corrected chi connectivity index (χ0v) is 15.3. The van der Waals surface area contributed by atoms with E-state index in [-0.39, 0.29) is 23.2 Å². The van der Waals surface area contributed by atoms with Crippen molar-refractivity contribution in [1.29, 1.82) is 0 Å².